The molecule has 0 unspecified atom stereocenters. The third kappa shape index (κ3) is 2.65. The molecule has 1 aliphatic heterocycles. The summed E-state index contributed by atoms with van der Waals surface area (Å²) in [5, 5.41) is 11.0. The summed E-state index contributed by atoms with van der Waals surface area (Å²) in [6.45, 7) is 1.58. The Balaban J connectivity index is 1.68. The molecule has 2 aromatic heterocycles. The molecule has 0 spiro atoms. The Bertz CT molecular complexity index is 746. The first-order chi connectivity index (χ1) is 11.8. The van der Waals surface area contributed by atoms with E-state index in [0.29, 0.717) is 25.3 Å². The van der Waals surface area contributed by atoms with Gasteiger partial charge in [-0.05, 0) is 25.0 Å². The smallest absolute Gasteiger partial charge is 0.255 e. The molecular weight excluding hydrogens is 306 g/mol. The number of hydrogen-bond acceptors (Lipinski definition) is 5. The van der Waals surface area contributed by atoms with Gasteiger partial charge in [0, 0.05) is 36.4 Å². The lowest BCUT2D eigenvalue weighted by Crippen LogP contribution is -2.53. The molecule has 6 heteroatoms. The van der Waals surface area contributed by atoms with Crippen LogP contribution in [0.1, 0.15) is 29.6 Å². The predicted molar refractivity (Wildman–Crippen MR) is 88.5 cm³/mol. The molecule has 126 valence electrons. The first-order valence-electron chi connectivity index (χ1n) is 8.51. The van der Waals surface area contributed by atoms with Crippen molar-refractivity contribution in [2.24, 2.45) is 5.92 Å². The molecule has 0 bridgehead atoms. The van der Waals surface area contributed by atoms with Crippen LogP contribution in [0.3, 0.4) is 0 Å². The summed E-state index contributed by atoms with van der Waals surface area (Å²) in [6.07, 6.45) is 7.44. The fourth-order valence-electron chi connectivity index (χ4n) is 3.98. The monoisotopic (exact) mass is 327 g/mol. The van der Waals surface area contributed by atoms with Crippen molar-refractivity contribution in [3.8, 4) is 0 Å². The van der Waals surface area contributed by atoms with E-state index in [4.69, 9.17) is 4.74 Å². The van der Waals surface area contributed by atoms with Crippen molar-refractivity contribution >= 4 is 16.8 Å². The number of carbonyl (C=O) groups is 1. The standard InChI is InChI=1S/C18H21N3O3/c22-17-3-1-2-13(17)16-11-24-9-8-21(16)18(23)12-4-7-20-15-5-6-19-10-14(12)15/h4-7,10,13,16-17,22H,1-3,8-9,11H2/t13-,16-,17-/m1/s1. The van der Waals surface area contributed by atoms with E-state index < -0.39 is 0 Å². The summed E-state index contributed by atoms with van der Waals surface area (Å²) >= 11 is 0. The SMILES string of the molecule is O=C(c1ccnc2ccncc12)N1CCOC[C@@H]1[C@H]1CCC[C@H]1O. The average molecular weight is 327 g/mol. The number of rotatable bonds is 2. The molecule has 2 aliphatic rings. The summed E-state index contributed by atoms with van der Waals surface area (Å²) in [5.74, 6) is 0.0725. The third-order valence-electron chi connectivity index (χ3n) is 5.23. The predicted octanol–water partition coefficient (Wildman–Crippen LogP) is 1.63. The van der Waals surface area contributed by atoms with Crippen LogP contribution in [-0.2, 0) is 4.74 Å². The summed E-state index contributed by atoms with van der Waals surface area (Å²) in [6, 6.07) is 3.50. The fraction of sp³-hybridized carbons (Fsp3) is 0.500. The highest BCUT2D eigenvalue weighted by Gasteiger charge is 2.39. The second-order valence-corrected chi connectivity index (χ2v) is 6.55. The molecule has 3 atom stereocenters. The minimum atomic E-state index is -0.345. The lowest BCUT2D eigenvalue weighted by Gasteiger charge is -2.40. The number of aliphatic hydroxyl groups excluding tert-OH is 1. The van der Waals surface area contributed by atoms with Gasteiger partial charge in [0.15, 0.2) is 0 Å². The summed E-state index contributed by atoms with van der Waals surface area (Å²) in [4.78, 5) is 23.5. The van der Waals surface area contributed by atoms with Crippen LogP contribution in [-0.4, -0.2) is 57.8 Å². The minimum absolute atomic E-state index is 0.0252. The van der Waals surface area contributed by atoms with E-state index in [1.165, 1.54) is 0 Å². The zero-order valence-electron chi connectivity index (χ0n) is 13.5. The molecule has 4 rings (SSSR count). The molecule has 0 radical (unpaired) electrons. The number of morpholine rings is 1. The number of nitrogens with zero attached hydrogens (tertiary/aromatic N) is 3. The van der Waals surface area contributed by atoms with Gasteiger partial charge in [-0.25, -0.2) is 0 Å². The van der Waals surface area contributed by atoms with Crippen LogP contribution in [0.15, 0.2) is 30.7 Å². The van der Waals surface area contributed by atoms with Gasteiger partial charge in [0.1, 0.15) is 0 Å². The van der Waals surface area contributed by atoms with Crippen LogP contribution in [0.2, 0.25) is 0 Å². The van der Waals surface area contributed by atoms with Gasteiger partial charge in [-0.15, -0.1) is 0 Å². The van der Waals surface area contributed by atoms with Crippen molar-refractivity contribution in [3.63, 3.8) is 0 Å². The largest absolute Gasteiger partial charge is 0.393 e. The number of ether oxygens (including phenoxy) is 1. The fourth-order valence-corrected chi connectivity index (χ4v) is 3.98. The van der Waals surface area contributed by atoms with E-state index >= 15 is 0 Å². The topological polar surface area (TPSA) is 75.6 Å². The molecule has 24 heavy (non-hydrogen) atoms. The zero-order valence-corrected chi connectivity index (χ0v) is 13.5. The van der Waals surface area contributed by atoms with Crippen molar-refractivity contribution in [3.05, 3.63) is 36.3 Å². The van der Waals surface area contributed by atoms with Crippen molar-refractivity contribution in [2.45, 2.75) is 31.4 Å². The van der Waals surface area contributed by atoms with Crippen LogP contribution in [0, 0.1) is 5.92 Å². The maximum atomic E-state index is 13.2. The number of hydrogen-bond donors (Lipinski definition) is 1. The number of amides is 1. The van der Waals surface area contributed by atoms with Crippen molar-refractivity contribution in [1.29, 1.82) is 0 Å². The van der Waals surface area contributed by atoms with Crippen molar-refractivity contribution < 1.29 is 14.6 Å². The Hall–Kier alpha value is -2.05. The van der Waals surface area contributed by atoms with Gasteiger partial charge in [0.25, 0.3) is 5.91 Å². The molecule has 0 aromatic carbocycles. The van der Waals surface area contributed by atoms with E-state index in [1.54, 1.807) is 24.7 Å². The molecule has 1 saturated carbocycles. The Labute approximate surface area is 140 Å². The maximum Gasteiger partial charge on any atom is 0.255 e. The van der Waals surface area contributed by atoms with Crippen LogP contribution in [0.4, 0.5) is 0 Å². The first-order valence-corrected chi connectivity index (χ1v) is 8.51. The lowest BCUT2D eigenvalue weighted by molar-refractivity contribution is -0.0382. The molecular formula is C18H21N3O3. The summed E-state index contributed by atoms with van der Waals surface area (Å²) < 4.78 is 5.62. The highest BCUT2D eigenvalue weighted by molar-refractivity contribution is 6.05. The summed E-state index contributed by atoms with van der Waals surface area (Å²) in [7, 11) is 0. The quantitative estimate of drug-likeness (QED) is 0.907. The summed E-state index contributed by atoms with van der Waals surface area (Å²) in [5.41, 5.74) is 1.38. The first kappa shape index (κ1) is 15.5. The number of aromatic nitrogens is 2. The zero-order chi connectivity index (χ0) is 16.5. The number of aliphatic hydroxyl groups is 1. The second kappa shape index (κ2) is 6.45. The van der Waals surface area contributed by atoms with Gasteiger partial charge in [0.05, 0.1) is 36.4 Å². The molecule has 1 amide bonds. The van der Waals surface area contributed by atoms with Gasteiger partial charge < -0.3 is 14.7 Å². The molecule has 2 fully saturated rings. The van der Waals surface area contributed by atoms with E-state index in [-0.39, 0.29) is 24.0 Å². The second-order valence-electron chi connectivity index (χ2n) is 6.55. The van der Waals surface area contributed by atoms with E-state index in [1.807, 2.05) is 11.0 Å². The molecule has 1 saturated heterocycles. The van der Waals surface area contributed by atoms with Crippen LogP contribution >= 0.6 is 0 Å². The normalized spacial score (nSPS) is 27.5. The maximum absolute atomic E-state index is 13.2. The Morgan fingerprint density at radius 2 is 2.21 bits per heavy atom. The van der Waals surface area contributed by atoms with Gasteiger partial charge in [-0.3, -0.25) is 14.8 Å². The Morgan fingerprint density at radius 3 is 3.04 bits per heavy atom. The van der Waals surface area contributed by atoms with E-state index in [2.05, 4.69) is 9.97 Å². The molecule has 1 aliphatic carbocycles. The Kier molecular flexibility index (Phi) is 4.16. The van der Waals surface area contributed by atoms with Gasteiger partial charge in [-0.1, -0.05) is 6.42 Å². The van der Waals surface area contributed by atoms with Gasteiger partial charge in [0.2, 0.25) is 0 Å². The van der Waals surface area contributed by atoms with E-state index in [0.717, 1.165) is 30.2 Å². The third-order valence-corrected chi connectivity index (χ3v) is 5.23. The van der Waals surface area contributed by atoms with E-state index in [9.17, 15) is 9.90 Å². The average Bonchev–Trinajstić information content (AvgIpc) is 3.06. The van der Waals surface area contributed by atoms with Crippen LogP contribution in [0.5, 0.6) is 0 Å². The number of pyridine rings is 2. The highest BCUT2D eigenvalue weighted by atomic mass is 16.5. The van der Waals surface area contributed by atoms with Gasteiger partial charge in [-0.2, -0.15) is 0 Å². The molecule has 2 aromatic rings. The van der Waals surface area contributed by atoms with Crippen LogP contribution in [0.25, 0.3) is 10.9 Å². The highest BCUT2D eigenvalue weighted by Crippen LogP contribution is 2.33. The van der Waals surface area contributed by atoms with Gasteiger partial charge >= 0.3 is 0 Å². The molecule has 6 nitrogen and oxygen atoms in total. The number of carbonyl (C=O) groups excluding carboxylic acids is 1. The number of fused-ring (bicyclic) bond motifs is 1. The molecule has 3 heterocycles. The lowest BCUT2D eigenvalue weighted by atomic mass is 9.93. The molecule has 1 N–H and O–H groups in total. The van der Waals surface area contributed by atoms with Crippen LogP contribution < -0.4 is 0 Å². The van der Waals surface area contributed by atoms with Crippen molar-refractivity contribution in [1.82, 2.24) is 14.9 Å². The minimum Gasteiger partial charge on any atom is -0.393 e. The Morgan fingerprint density at radius 1 is 1.29 bits per heavy atom. The van der Waals surface area contributed by atoms with Crippen molar-refractivity contribution in [2.75, 3.05) is 19.8 Å².